The second-order valence-corrected chi connectivity index (χ2v) is 9.63. The minimum Gasteiger partial charge on any atom is -0.422 e. The highest BCUT2D eigenvalue weighted by molar-refractivity contribution is 6.31. The van der Waals surface area contributed by atoms with E-state index in [4.69, 9.17) is 20.8 Å². The number of aromatic nitrogens is 3. The molecule has 0 aliphatic heterocycles. The number of fused-ring (bicyclic) bond motifs is 1. The van der Waals surface area contributed by atoms with Crippen molar-refractivity contribution < 1.29 is 31.9 Å². The van der Waals surface area contributed by atoms with Crippen LogP contribution < -0.4 is 5.32 Å². The monoisotopic (exact) mass is 524 g/mol. The summed E-state index contributed by atoms with van der Waals surface area (Å²) in [5.41, 5.74) is 0.754. The van der Waals surface area contributed by atoms with Gasteiger partial charge in [0, 0.05) is 35.1 Å². The molecule has 2 aliphatic carbocycles. The molecule has 3 aromatic rings. The summed E-state index contributed by atoms with van der Waals surface area (Å²) in [4.78, 5) is 17.3. The van der Waals surface area contributed by atoms with E-state index in [9.17, 15) is 18.0 Å². The molecule has 2 heterocycles. The maximum absolute atomic E-state index is 12.8. The molecule has 2 fully saturated rings. The second kappa shape index (κ2) is 10.3. The van der Waals surface area contributed by atoms with Crippen molar-refractivity contribution in [3.8, 4) is 0 Å². The van der Waals surface area contributed by atoms with Crippen LogP contribution in [-0.4, -0.2) is 39.7 Å². The number of carbonyl (C=O) groups is 1. The number of amides is 1. The van der Waals surface area contributed by atoms with Gasteiger partial charge in [-0.3, -0.25) is 9.53 Å². The lowest BCUT2D eigenvalue weighted by molar-refractivity contribution is -0.357. The summed E-state index contributed by atoms with van der Waals surface area (Å²) in [6.45, 7) is 0.0408. The number of benzene rings is 1. The summed E-state index contributed by atoms with van der Waals surface area (Å²) < 4.78 is 51.8. The lowest BCUT2D eigenvalue weighted by atomic mass is 9.81. The third-order valence-electron chi connectivity index (χ3n) is 6.63. The molecule has 0 saturated heterocycles. The smallest absolute Gasteiger partial charge is 0.422 e. The number of rotatable bonds is 7. The Morgan fingerprint density at radius 2 is 1.86 bits per heavy atom. The molecule has 2 aromatic heterocycles. The van der Waals surface area contributed by atoms with Gasteiger partial charge in [0.15, 0.2) is 0 Å². The van der Waals surface area contributed by atoms with Gasteiger partial charge in [-0.15, -0.1) is 23.4 Å². The number of anilines is 1. The van der Waals surface area contributed by atoms with Crippen LogP contribution in [0.4, 0.5) is 19.0 Å². The Morgan fingerprint density at radius 3 is 2.61 bits per heavy atom. The molecule has 0 unspecified atom stereocenters. The standard InChI is InChI=1S/C24H24ClF3N4O4/c25-16-6-7-19-15(9-16)5-8-20(29-19)30-22(33)13-1-3-14(4-2-13)23-32-31-21(35-23)12-34-17-10-18(11-17)36-24(26,27)28/h5-9,13-14,17-18H,1-4,10-12H2,(H,29,30,33). The first-order valence-electron chi connectivity index (χ1n) is 11.8. The lowest BCUT2D eigenvalue weighted by Crippen LogP contribution is -2.40. The normalized spacial score (nSPS) is 24.4. The van der Waals surface area contributed by atoms with E-state index in [0.717, 1.165) is 23.7 Å². The van der Waals surface area contributed by atoms with E-state index in [0.29, 0.717) is 29.6 Å². The molecule has 1 N–H and O–H groups in total. The SMILES string of the molecule is O=C(Nc1ccc2cc(Cl)ccc2n1)C1CCC(c2nnc(COC3CC(OC(F)(F)F)C3)o2)CC1. The van der Waals surface area contributed by atoms with Crippen molar-refractivity contribution in [3.05, 3.63) is 47.1 Å². The fraction of sp³-hybridized carbons (Fsp3) is 0.500. The predicted octanol–water partition coefficient (Wildman–Crippen LogP) is 5.77. The Kier molecular flexibility index (Phi) is 7.14. The van der Waals surface area contributed by atoms with Crippen LogP contribution in [0.25, 0.3) is 10.9 Å². The lowest BCUT2D eigenvalue weighted by Gasteiger charge is -2.34. The summed E-state index contributed by atoms with van der Waals surface area (Å²) in [7, 11) is 0. The molecular formula is C24H24ClF3N4O4. The highest BCUT2D eigenvalue weighted by atomic mass is 35.5. The van der Waals surface area contributed by atoms with Gasteiger partial charge >= 0.3 is 6.36 Å². The quantitative estimate of drug-likeness (QED) is 0.419. The average molecular weight is 525 g/mol. The highest BCUT2D eigenvalue weighted by Crippen LogP contribution is 2.36. The van der Waals surface area contributed by atoms with Gasteiger partial charge in [-0.05, 0) is 56.0 Å². The number of nitrogens with zero attached hydrogens (tertiary/aromatic N) is 3. The maximum Gasteiger partial charge on any atom is 0.522 e. The maximum atomic E-state index is 12.8. The van der Waals surface area contributed by atoms with Crippen molar-refractivity contribution in [1.29, 1.82) is 0 Å². The molecule has 5 rings (SSSR count). The molecule has 0 atom stereocenters. The zero-order valence-electron chi connectivity index (χ0n) is 19.1. The molecule has 12 heteroatoms. The molecule has 1 aromatic carbocycles. The topological polar surface area (TPSA) is 99.4 Å². The summed E-state index contributed by atoms with van der Waals surface area (Å²) in [5, 5.41) is 12.5. The highest BCUT2D eigenvalue weighted by Gasteiger charge is 2.40. The number of pyridine rings is 1. The Hall–Kier alpha value is -2.76. The zero-order chi connectivity index (χ0) is 25.3. The molecule has 2 saturated carbocycles. The molecule has 1 amide bonds. The van der Waals surface area contributed by atoms with Crippen molar-refractivity contribution in [2.45, 2.75) is 69.6 Å². The second-order valence-electron chi connectivity index (χ2n) is 9.20. The number of carbonyl (C=O) groups excluding carboxylic acids is 1. The molecular weight excluding hydrogens is 501 g/mol. The first-order chi connectivity index (χ1) is 17.2. The minimum absolute atomic E-state index is 0.0408. The molecule has 0 spiro atoms. The Morgan fingerprint density at radius 1 is 1.08 bits per heavy atom. The minimum atomic E-state index is -4.63. The van der Waals surface area contributed by atoms with Crippen LogP contribution in [0.1, 0.15) is 56.2 Å². The van der Waals surface area contributed by atoms with Crippen LogP contribution in [-0.2, 0) is 20.9 Å². The van der Waals surface area contributed by atoms with Gasteiger partial charge in [-0.2, -0.15) is 0 Å². The van der Waals surface area contributed by atoms with Gasteiger partial charge in [0.1, 0.15) is 12.4 Å². The third kappa shape index (κ3) is 6.13. The van der Waals surface area contributed by atoms with Crippen molar-refractivity contribution in [1.82, 2.24) is 15.2 Å². The van der Waals surface area contributed by atoms with Crippen molar-refractivity contribution in [2.75, 3.05) is 5.32 Å². The fourth-order valence-electron chi connectivity index (χ4n) is 4.61. The van der Waals surface area contributed by atoms with E-state index in [2.05, 4.69) is 25.2 Å². The fourth-order valence-corrected chi connectivity index (χ4v) is 4.80. The Balaban J connectivity index is 1.06. The van der Waals surface area contributed by atoms with Crippen LogP contribution in [0, 0.1) is 5.92 Å². The largest absolute Gasteiger partial charge is 0.522 e. The number of hydrogen-bond donors (Lipinski definition) is 1. The molecule has 192 valence electrons. The predicted molar refractivity (Wildman–Crippen MR) is 123 cm³/mol. The van der Waals surface area contributed by atoms with Crippen molar-refractivity contribution >= 4 is 34.2 Å². The van der Waals surface area contributed by atoms with Crippen molar-refractivity contribution in [3.63, 3.8) is 0 Å². The third-order valence-corrected chi connectivity index (χ3v) is 6.86. The molecule has 2 aliphatic rings. The number of halogens is 4. The van der Waals surface area contributed by atoms with E-state index in [1.165, 1.54) is 0 Å². The van der Waals surface area contributed by atoms with Crippen LogP contribution >= 0.6 is 11.6 Å². The summed E-state index contributed by atoms with van der Waals surface area (Å²) >= 11 is 6.01. The number of hydrogen-bond acceptors (Lipinski definition) is 7. The van der Waals surface area contributed by atoms with E-state index in [-0.39, 0.29) is 49.2 Å². The van der Waals surface area contributed by atoms with Gasteiger partial charge < -0.3 is 14.5 Å². The van der Waals surface area contributed by atoms with E-state index < -0.39 is 12.5 Å². The molecule has 36 heavy (non-hydrogen) atoms. The van der Waals surface area contributed by atoms with Crippen LogP contribution in [0.3, 0.4) is 0 Å². The molecule has 0 radical (unpaired) electrons. The molecule has 8 nitrogen and oxygen atoms in total. The van der Waals surface area contributed by atoms with Gasteiger partial charge in [0.2, 0.25) is 17.7 Å². The van der Waals surface area contributed by atoms with Crippen molar-refractivity contribution in [2.24, 2.45) is 5.92 Å². The van der Waals surface area contributed by atoms with E-state index >= 15 is 0 Å². The Labute approximate surface area is 209 Å². The van der Waals surface area contributed by atoms with Gasteiger partial charge in [-0.1, -0.05) is 11.6 Å². The van der Waals surface area contributed by atoms with Crippen LogP contribution in [0.15, 0.2) is 34.7 Å². The van der Waals surface area contributed by atoms with Crippen LogP contribution in [0.2, 0.25) is 5.02 Å². The number of ether oxygens (including phenoxy) is 2. The first kappa shape index (κ1) is 24.9. The van der Waals surface area contributed by atoms with Gasteiger partial charge in [-0.25, -0.2) is 4.98 Å². The van der Waals surface area contributed by atoms with E-state index in [1.54, 1.807) is 12.1 Å². The first-order valence-corrected chi connectivity index (χ1v) is 12.2. The summed E-state index contributed by atoms with van der Waals surface area (Å²) in [6, 6.07) is 9.03. The average Bonchev–Trinajstić information content (AvgIpc) is 3.29. The van der Waals surface area contributed by atoms with Gasteiger partial charge in [0.25, 0.3) is 0 Å². The van der Waals surface area contributed by atoms with Crippen LogP contribution in [0.5, 0.6) is 0 Å². The number of alkyl halides is 3. The summed E-state index contributed by atoms with van der Waals surface area (Å²) in [6.07, 6.45) is -2.65. The zero-order valence-corrected chi connectivity index (χ0v) is 19.9. The summed E-state index contributed by atoms with van der Waals surface area (Å²) in [5.74, 6) is 1.12. The van der Waals surface area contributed by atoms with Gasteiger partial charge in [0.05, 0.1) is 17.7 Å². The van der Waals surface area contributed by atoms with E-state index in [1.807, 2.05) is 18.2 Å². The Bertz CT molecular complexity index is 1220. The number of nitrogens with one attached hydrogen (secondary N) is 1. The molecule has 0 bridgehead atoms.